The van der Waals surface area contributed by atoms with Crippen LogP contribution in [0.1, 0.15) is 37.7 Å². The number of hydrogen-bond donors (Lipinski definition) is 2. The van der Waals surface area contributed by atoms with E-state index < -0.39 is 0 Å². The van der Waals surface area contributed by atoms with Crippen LogP contribution < -0.4 is 14.5 Å². The lowest BCUT2D eigenvalue weighted by molar-refractivity contribution is -1.01. The Bertz CT molecular complexity index is 932. The Balaban J connectivity index is 1.49. The summed E-state index contributed by atoms with van der Waals surface area (Å²) in [5, 5.41) is 12.9. The number of para-hydroxylation sites is 1. The topological polar surface area (TPSA) is 61.7 Å². The first-order valence-corrected chi connectivity index (χ1v) is 11.3. The van der Waals surface area contributed by atoms with Gasteiger partial charge in [-0.25, -0.2) is 4.68 Å². The molecule has 4 rings (SSSR count). The number of hydrogen-bond acceptors (Lipinski definition) is 4. The van der Waals surface area contributed by atoms with Crippen LogP contribution in [0.2, 0.25) is 0 Å². The highest BCUT2D eigenvalue weighted by Crippen LogP contribution is 2.18. The largest absolute Gasteiger partial charge is 0.497 e. The molecule has 2 aromatic carbocycles. The van der Waals surface area contributed by atoms with Crippen molar-refractivity contribution in [2.45, 2.75) is 32.9 Å². The summed E-state index contributed by atoms with van der Waals surface area (Å²) in [6.45, 7) is 9.76. The molecule has 0 spiro atoms. The highest BCUT2D eigenvalue weighted by Gasteiger charge is 2.35. The number of tetrazole rings is 1. The van der Waals surface area contributed by atoms with Gasteiger partial charge < -0.3 is 9.64 Å². The van der Waals surface area contributed by atoms with E-state index in [4.69, 9.17) is 4.74 Å². The Morgan fingerprint density at radius 1 is 0.968 bits per heavy atom. The molecule has 1 atom stereocenters. The first kappa shape index (κ1) is 21.5. The van der Waals surface area contributed by atoms with Gasteiger partial charge in [-0.1, -0.05) is 44.2 Å². The molecule has 0 amide bonds. The molecular formula is C24H34N6O+2. The Morgan fingerprint density at radius 3 is 2.32 bits per heavy atom. The van der Waals surface area contributed by atoms with Crippen LogP contribution in [-0.2, 0) is 6.54 Å². The second-order valence-corrected chi connectivity index (χ2v) is 8.85. The summed E-state index contributed by atoms with van der Waals surface area (Å²) < 4.78 is 7.26. The fraction of sp³-hybridized carbons (Fsp3) is 0.458. The number of quaternary nitrogens is 2. The van der Waals surface area contributed by atoms with Gasteiger partial charge in [-0.3, -0.25) is 4.90 Å². The zero-order chi connectivity index (χ0) is 21.6. The average molecular weight is 423 g/mol. The van der Waals surface area contributed by atoms with Gasteiger partial charge in [-0.05, 0) is 46.2 Å². The van der Waals surface area contributed by atoms with Gasteiger partial charge in [-0.15, -0.1) is 5.10 Å². The summed E-state index contributed by atoms with van der Waals surface area (Å²) in [4.78, 5) is 3.17. The van der Waals surface area contributed by atoms with E-state index in [0.717, 1.165) is 44.2 Å². The molecule has 3 aromatic rings. The van der Waals surface area contributed by atoms with Crippen LogP contribution in [0.25, 0.3) is 0 Å². The highest BCUT2D eigenvalue weighted by molar-refractivity contribution is 5.28. The molecule has 2 heterocycles. The first-order valence-electron chi connectivity index (χ1n) is 11.3. The van der Waals surface area contributed by atoms with Crippen molar-refractivity contribution in [1.29, 1.82) is 0 Å². The van der Waals surface area contributed by atoms with Crippen molar-refractivity contribution in [2.75, 3.05) is 33.3 Å². The summed E-state index contributed by atoms with van der Waals surface area (Å²) in [6, 6.07) is 19.3. The number of nitrogens with one attached hydrogen (secondary N) is 2. The minimum Gasteiger partial charge on any atom is -0.497 e. The number of rotatable bonds is 8. The number of nitrogens with zero attached hydrogens (tertiary/aromatic N) is 4. The maximum Gasteiger partial charge on any atom is 0.209 e. The van der Waals surface area contributed by atoms with Gasteiger partial charge in [0.15, 0.2) is 6.04 Å². The molecule has 7 nitrogen and oxygen atoms in total. The summed E-state index contributed by atoms with van der Waals surface area (Å²) in [7, 11) is 1.69. The first-order chi connectivity index (χ1) is 15.1. The Hall–Kier alpha value is -2.77. The van der Waals surface area contributed by atoms with E-state index in [-0.39, 0.29) is 0 Å². The zero-order valence-electron chi connectivity index (χ0n) is 18.8. The van der Waals surface area contributed by atoms with Gasteiger partial charge in [0, 0.05) is 6.42 Å². The molecule has 1 aromatic heterocycles. The van der Waals surface area contributed by atoms with Crippen LogP contribution in [-0.4, -0.2) is 53.5 Å². The van der Waals surface area contributed by atoms with Crippen LogP contribution in [0.15, 0.2) is 54.6 Å². The van der Waals surface area contributed by atoms with Gasteiger partial charge in [0.1, 0.15) is 37.6 Å². The van der Waals surface area contributed by atoms with E-state index >= 15 is 0 Å². The number of piperazine rings is 1. The van der Waals surface area contributed by atoms with Crippen LogP contribution in [0, 0.1) is 5.92 Å². The van der Waals surface area contributed by atoms with Crippen LogP contribution in [0.5, 0.6) is 5.75 Å². The molecule has 164 valence electrons. The third-order valence-corrected chi connectivity index (χ3v) is 6.24. The molecule has 0 saturated carbocycles. The second-order valence-electron chi connectivity index (χ2n) is 8.85. The molecule has 1 saturated heterocycles. The molecule has 2 N–H and O–H groups in total. The van der Waals surface area contributed by atoms with E-state index in [1.807, 2.05) is 16.8 Å². The minimum absolute atomic E-state index is 0.311. The molecule has 1 fully saturated rings. The van der Waals surface area contributed by atoms with E-state index in [0.29, 0.717) is 18.5 Å². The molecule has 0 bridgehead atoms. The molecule has 31 heavy (non-hydrogen) atoms. The monoisotopic (exact) mass is 422 g/mol. The molecule has 0 unspecified atom stereocenters. The Labute approximate surface area is 184 Å². The standard InChI is InChI=1S/C24H32N6O/c1-19(2)17-23(29-15-13-28(14-16-29)21-7-5-4-6-8-21)24-25-26-27-30(24)18-20-9-11-22(31-3)12-10-20/h4-12,19,23H,13-18H2,1-3H3/p+2/t23-/m0/s1. The highest BCUT2D eigenvalue weighted by atomic mass is 16.5. The van der Waals surface area contributed by atoms with Gasteiger partial charge in [-0.2, -0.15) is 0 Å². The molecule has 1 aliphatic heterocycles. The van der Waals surface area contributed by atoms with Crippen LogP contribution in [0.3, 0.4) is 0 Å². The van der Waals surface area contributed by atoms with Gasteiger partial charge in [0.25, 0.3) is 0 Å². The average Bonchev–Trinajstić information content (AvgIpc) is 3.26. The minimum atomic E-state index is 0.311. The van der Waals surface area contributed by atoms with Crippen molar-refractivity contribution in [1.82, 2.24) is 20.2 Å². The third kappa shape index (κ3) is 5.29. The van der Waals surface area contributed by atoms with Crippen molar-refractivity contribution in [3.8, 4) is 5.75 Å². The van der Waals surface area contributed by atoms with Gasteiger partial charge in [0.05, 0.1) is 13.7 Å². The third-order valence-electron chi connectivity index (χ3n) is 6.24. The lowest BCUT2D eigenvalue weighted by Crippen LogP contribution is -3.26. The zero-order valence-corrected chi connectivity index (χ0v) is 18.8. The number of benzene rings is 2. The van der Waals surface area contributed by atoms with Crippen molar-refractivity contribution < 1.29 is 14.5 Å². The Morgan fingerprint density at radius 2 is 1.68 bits per heavy atom. The summed E-state index contributed by atoms with van der Waals surface area (Å²) in [6.07, 6.45) is 1.08. The lowest BCUT2D eigenvalue weighted by atomic mass is 10.0. The van der Waals surface area contributed by atoms with E-state index in [1.165, 1.54) is 11.3 Å². The van der Waals surface area contributed by atoms with E-state index in [9.17, 15) is 0 Å². The molecular weight excluding hydrogens is 388 g/mol. The van der Waals surface area contributed by atoms with Gasteiger partial charge >= 0.3 is 0 Å². The van der Waals surface area contributed by atoms with Crippen molar-refractivity contribution >= 4 is 5.69 Å². The Kier molecular flexibility index (Phi) is 6.94. The molecule has 7 heteroatoms. The maximum absolute atomic E-state index is 5.28. The summed E-state index contributed by atoms with van der Waals surface area (Å²) in [5.41, 5.74) is 2.57. The molecule has 0 aliphatic carbocycles. The molecule has 1 aliphatic rings. The quantitative estimate of drug-likeness (QED) is 0.567. The summed E-state index contributed by atoms with van der Waals surface area (Å²) >= 11 is 0. The van der Waals surface area contributed by atoms with Crippen LogP contribution >= 0.6 is 0 Å². The van der Waals surface area contributed by atoms with Crippen molar-refractivity contribution in [2.24, 2.45) is 5.92 Å². The van der Waals surface area contributed by atoms with Crippen molar-refractivity contribution in [3.05, 3.63) is 66.0 Å². The SMILES string of the molecule is COc1ccc(Cn2nnnc2[C@H](CC(C)C)[NH+]2CC[NH+](c3ccccc3)CC2)cc1. The normalized spacial score (nSPS) is 20.0. The smallest absolute Gasteiger partial charge is 0.209 e. The van der Waals surface area contributed by atoms with E-state index in [1.54, 1.807) is 16.9 Å². The van der Waals surface area contributed by atoms with Crippen molar-refractivity contribution in [3.63, 3.8) is 0 Å². The molecule has 0 radical (unpaired) electrons. The predicted octanol–water partition coefficient (Wildman–Crippen LogP) is 0.932. The van der Waals surface area contributed by atoms with E-state index in [2.05, 4.69) is 71.8 Å². The second kappa shape index (κ2) is 10.0. The fourth-order valence-electron chi connectivity index (χ4n) is 4.59. The number of aromatic nitrogens is 4. The maximum atomic E-state index is 5.28. The van der Waals surface area contributed by atoms with Crippen LogP contribution in [0.4, 0.5) is 5.69 Å². The number of ether oxygens (including phenoxy) is 1. The summed E-state index contributed by atoms with van der Waals surface area (Å²) in [5.74, 6) is 2.45. The predicted molar refractivity (Wildman–Crippen MR) is 120 cm³/mol. The number of methoxy groups -OCH3 is 1. The fourth-order valence-corrected chi connectivity index (χ4v) is 4.59. The lowest BCUT2D eigenvalue weighted by Gasteiger charge is -2.34. The van der Waals surface area contributed by atoms with Gasteiger partial charge in [0.2, 0.25) is 5.82 Å².